The number of alkyl halides is 1. The van der Waals surface area contributed by atoms with Crippen LogP contribution in [-0.2, 0) is 20.9 Å². The van der Waals surface area contributed by atoms with E-state index in [0.29, 0.717) is 63.5 Å². The summed E-state index contributed by atoms with van der Waals surface area (Å²) in [5.74, 6) is 0.567. The number of anilines is 1. The number of piperidine rings is 1. The van der Waals surface area contributed by atoms with Crippen LogP contribution in [0.15, 0.2) is 103 Å². The second kappa shape index (κ2) is 18.5. The molecular formula is C45H48ClN5O5. The first-order valence-electron chi connectivity index (χ1n) is 19.5. The summed E-state index contributed by atoms with van der Waals surface area (Å²) in [6.45, 7) is 5.20. The van der Waals surface area contributed by atoms with Crippen molar-refractivity contribution < 1.29 is 23.9 Å². The summed E-state index contributed by atoms with van der Waals surface area (Å²) in [6, 6.07) is 34.1. The normalized spacial score (nSPS) is 17.7. The monoisotopic (exact) mass is 773 g/mol. The summed E-state index contributed by atoms with van der Waals surface area (Å²) in [5.41, 5.74) is 8.05. The van der Waals surface area contributed by atoms with Crippen molar-refractivity contribution in [2.24, 2.45) is 0 Å². The summed E-state index contributed by atoms with van der Waals surface area (Å²) in [4.78, 5) is 56.1. The van der Waals surface area contributed by atoms with E-state index in [2.05, 4.69) is 76.2 Å². The maximum Gasteiger partial charge on any atom is 0.255 e. The molecule has 7 rings (SSSR count). The van der Waals surface area contributed by atoms with Crippen LogP contribution in [0.25, 0.3) is 11.1 Å². The summed E-state index contributed by atoms with van der Waals surface area (Å²) in [6.07, 6.45) is 2.38. The highest BCUT2D eigenvalue weighted by Crippen LogP contribution is 2.36. The van der Waals surface area contributed by atoms with Crippen LogP contribution in [0.4, 0.5) is 5.69 Å². The van der Waals surface area contributed by atoms with Crippen molar-refractivity contribution in [3.05, 3.63) is 131 Å². The van der Waals surface area contributed by atoms with Gasteiger partial charge in [-0.15, -0.1) is 11.6 Å². The smallest absolute Gasteiger partial charge is 0.255 e. The van der Waals surface area contributed by atoms with Gasteiger partial charge in [0.05, 0.1) is 0 Å². The fraction of sp³-hybridized carbons (Fsp3) is 0.333. The number of amides is 4. The van der Waals surface area contributed by atoms with Crippen molar-refractivity contribution in [3.63, 3.8) is 0 Å². The molecule has 11 heteroatoms. The quantitative estimate of drug-likeness (QED) is 0.0619. The Balaban J connectivity index is 0.848. The van der Waals surface area contributed by atoms with Gasteiger partial charge in [-0.05, 0) is 71.4 Å². The van der Waals surface area contributed by atoms with Gasteiger partial charge in [0.2, 0.25) is 17.7 Å². The van der Waals surface area contributed by atoms with Gasteiger partial charge in [0.1, 0.15) is 18.4 Å². The van der Waals surface area contributed by atoms with Crippen LogP contribution < -0.4 is 15.4 Å². The van der Waals surface area contributed by atoms with E-state index < -0.39 is 11.9 Å². The van der Waals surface area contributed by atoms with Gasteiger partial charge in [0.25, 0.3) is 5.91 Å². The minimum absolute atomic E-state index is 0.144. The fourth-order valence-corrected chi connectivity index (χ4v) is 8.06. The Kier molecular flexibility index (Phi) is 12.8. The lowest BCUT2D eigenvalue weighted by atomic mass is 9.88. The van der Waals surface area contributed by atoms with Gasteiger partial charge in [-0.3, -0.25) is 29.4 Å². The molecule has 4 amide bonds. The molecule has 2 fully saturated rings. The molecule has 0 aromatic heterocycles. The van der Waals surface area contributed by atoms with Crippen LogP contribution in [0.2, 0.25) is 0 Å². The highest BCUT2D eigenvalue weighted by Gasteiger charge is 2.39. The Morgan fingerprint density at radius 1 is 0.804 bits per heavy atom. The van der Waals surface area contributed by atoms with E-state index in [-0.39, 0.29) is 24.1 Å². The minimum Gasteiger partial charge on any atom is -0.492 e. The predicted octanol–water partition coefficient (Wildman–Crippen LogP) is 6.45. The molecule has 2 N–H and O–H groups in total. The van der Waals surface area contributed by atoms with Gasteiger partial charge >= 0.3 is 0 Å². The standard InChI is InChI=1S/C45H48ClN5O5/c46-23-22-36(32-9-3-1-4-10-32)43(33-11-5-2-6-12-33)34-16-18-35(19-17-34)56-30-29-49-25-27-50(28-26-49)42(53)15-8-24-47-39-14-7-13-37-38(39)31-51(45(37)55)40-20-21-41(52)48-44(40)54/h1-7,9-14,16-19,40,47H,8,15,20-31H2,(H,48,52,54)/b43-36-. The molecule has 0 bridgehead atoms. The molecule has 2 saturated heterocycles. The first-order chi connectivity index (χ1) is 27.4. The maximum atomic E-state index is 13.1. The predicted molar refractivity (Wildman–Crippen MR) is 219 cm³/mol. The van der Waals surface area contributed by atoms with Crippen LogP contribution in [0, 0.1) is 0 Å². The number of halogens is 1. The van der Waals surface area contributed by atoms with E-state index in [9.17, 15) is 19.2 Å². The van der Waals surface area contributed by atoms with Crippen molar-refractivity contribution in [1.82, 2.24) is 20.0 Å². The Morgan fingerprint density at radius 3 is 2.20 bits per heavy atom. The van der Waals surface area contributed by atoms with Crippen LogP contribution in [0.1, 0.15) is 64.7 Å². The number of carbonyl (C=O) groups excluding carboxylic acids is 4. The van der Waals surface area contributed by atoms with Gasteiger partial charge in [-0.25, -0.2) is 0 Å². The van der Waals surface area contributed by atoms with Gasteiger partial charge < -0.3 is 19.9 Å². The van der Waals surface area contributed by atoms with Crippen LogP contribution >= 0.6 is 11.6 Å². The van der Waals surface area contributed by atoms with Gasteiger partial charge in [0, 0.05) is 81.3 Å². The molecule has 1 unspecified atom stereocenters. The first-order valence-corrected chi connectivity index (χ1v) is 20.1. The third kappa shape index (κ3) is 9.15. The molecule has 1 atom stereocenters. The molecule has 10 nitrogen and oxygen atoms in total. The molecule has 0 spiro atoms. The average molecular weight is 774 g/mol. The number of fused-ring (bicyclic) bond motifs is 1. The van der Waals surface area contributed by atoms with E-state index in [4.69, 9.17) is 16.3 Å². The van der Waals surface area contributed by atoms with Crippen molar-refractivity contribution in [2.45, 2.75) is 44.7 Å². The first kappa shape index (κ1) is 38.8. The summed E-state index contributed by atoms with van der Waals surface area (Å²) in [5, 5.41) is 5.76. The summed E-state index contributed by atoms with van der Waals surface area (Å²) >= 11 is 6.32. The van der Waals surface area contributed by atoms with Crippen LogP contribution in [0.5, 0.6) is 5.75 Å². The highest BCUT2D eigenvalue weighted by molar-refractivity contribution is 6.18. The third-order valence-corrected chi connectivity index (χ3v) is 11.0. The zero-order valence-corrected chi connectivity index (χ0v) is 32.3. The summed E-state index contributed by atoms with van der Waals surface area (Å²) in [7, 11) is 0. The number of rotatable bonds is 15. The lowest BCUT2D eigenvalue weighted by Crippen LogP contribution is -2.52. The molecule has 56 heavy (non-hydrogen) atoms. The topological polar surface area (TPSA) is 111 Å². The molecule has 4 aromatic rings. The van der Waals surface area contributed by atoms with Crippen molar-refractivity contribution in [3.8, 4) is 5.75 Å². The molecule has 3 aliphatic heterocycles. The van der Waals surface area contributed by atoms with E-state index in [1.54, 1.807) is 11.0 Å². The average Bonchev–Trinajstić information content (AvgIpc) is 3.57. The molecule has 3 aliphatic rings. The lowest BCUT2D eigenvalue weighted by Gasteiger charge is -2.34. The fourth-order valence-electron chi connectivity index (χ4n) is 7.87. The number of hydrogen-bond donors (Lipinski definition) is 2. The summed E-state index contributed by atoms with van der Waals surface area (Å²) < 4.78 is 6.18. The number of ether oxygens (including phenoxy) is 1. The van der Waals surface area contributed by atoms with Gasteiger partial charge in [-0.1, -0.05) is 78.9 Å². The van der Waals surface area contributed by atoms with E-state index >= 15 is 0 Å². The number of nitrogens with zero attached hydrogens (tertiary/aromatic N) is 3. The lowest BCUT2D eigenvalue weighted by molar-refractivity contribution is -0.137. The molecule has 290 valence electrons. The molecule has 4 aromatic carbocycles. The Morgan fingerprint density at radius 2 is 1.50 bits per heavy atom. The second-order valence-corrected chi connectivity index (χ2v) is 14.8. The number of piperazine rings is 1. The Hall–Kier alpha value is -5.45. The van der Waals surface area contributed by atoms with Gasteiger partial charge in [-0.2, -0.15) is 0 Å². The van der Waals surface area contributed by atoms with Crippen LogP contribution in [-0.4, -0.2) is 96.1 Å². The highest BCUT2D eigenvalue weighted by atomic mass is 35.5. The van der Waals surface area contributed by atoms with E-state index in [1.165, 1.54) is 16.7 Å². The van der Waals surface area contributed by atoms with E-state index in [1.807, 2.05) is 41.3 Å². The number of allylic oxidation sites excluding steroid dienone is 1. The van der Waals surface area contributed by atoms with Crippen molar-refractivity contribution >= 4 is 52.1 Å². The number of carbonyl (C=O) groups is 4. The second-order valence-electron chi connectivity index (χ2n) is 14.4. The van der Waals surface area contributed by atoms with Crippen LogP contribution in [0.3, 0.4) is 0 Å². The molecule has 3 heterocycles. The maximum absolute atomic E-state index is 13.1. The zero-order valence-electron chi connectivity index (χ0n) is 31.6. The molecule has 0 aliphatic carbocycles. The third-order valence-electron chi connectivity index (χ3n) is 10.8. The van der Waals surface area contributed by atoms with Crippen molar-refractivity contribution in [2.75, 3.05) is 57.1 Å². The number of benzene rings is 4. The number of hydrogen-bond acceptors (Lipinski definition) is 7. The largest absolute Gasteiger partial charge is 0.492 e. The van der Waals surface area contributed by atoms with E-state index in [0.717, 1.165) is 54.2 Å². The zero-order chi connectivity index (χ0) is 38.9. The minimum atomic E-state index is -0.651. The molecule has 0 saturated carbocycles. The van der Waals surface area contributed by atoms with Crippen molar-refractivity contribution in [1.29, 1.82) is 0 Å². The Bertz CT molecular complexity index is 2050. The number of imide groups is 1. The van der Waals surface area contributed by atoms with Gasteiger partial charge in [0.15, 0.2) is 0 Å². The molecule has 0 radical (unpaired) electrons. The molecular weight excluding hydrogens is 726 g/mol. The SMILES string of the molecule is O=C1CCC(N2Cc3c(NCCCC(=O)N4CCN(CCOc5ccc(/C(=C(/CCCl)c6ccccc6)c6ccccc6)cc5)CC4)cccc3C2=O)C(=O)N1. The Labute approximate surface area is 333 Å². The number of nitrogens with one attached hydrogen (secondary N) is 2.